The van der Waals surface area contributed by atoms with Gasteiger partial charge < -0.3 is 19.3 Å². The summed E-state index contributed by atoms with van der Waals surface area (Å²) in [5.74, 6) is 2.37. The van der Waals surface area contributed by atoms with Crippen molar-refractivity contribution in [2.45, 2.75) is 27.2 Å². The van der Waals surface area contributed by atoms with E-state index in [1.807, 2.05) is 39.1 Å². The van der Waals surface area contributed by atoms with Gasteiger partial charge in [-0.3, -0.25) is 0 Å². The molecular formula is C22H27N3O3. The zero-order valence-corrected chi connectivity index (χ0v) is 17.0. The van der Waals surface area contributed by atoms with Gasteiger partial charge in [-0.1, -0.05) is 23.4 Å². The van der Waals surface area contributed by atoms with Crippen LogP contribution in [0.1, 0.15) is 33.0 Å². The Morgan fingerprint density at radius 2 is 1.93 bits per heavy atom. The Labute approximate surface area is 165 Å². The molecule has 1 aliphatic rings. The molecule has 0 atom stereocenters. The van der Waals surface area contributed by atoms with E-state index in [0.29, 0.717) is 36.4 Å². The van der Waals surface area contributed by atoms with E-state index in [4.69, 9.17) is 14.0 Å². The number of hydrogen-bond acceptors (Lipinski definition) is 6. The number of nitrogens with one attached hydrogen (secondary N) is 1. The number of nitrogens with zero attached hydrogens (tertiary/aromatic N) is 2. The van der Waals surface area contributed by atoms with Gasteiger partial charge in [-0.15, -0.1) is 0 Å². The van der Waals surface area contributed by atoms with Gasteiger partial charge >= 0.3 is 0 Å². The Morgan fingerprint density at radius 3 is 2.61 bits per heavy atom. The first-order valence-corrected chi connectivity index (χ1v) is 9.54. The molecule has 1 aromatic carbocycles. The van der Waals surface area contributed by atoms with Crippen LogP contribution in [0, 0.1) is 0 Å². The summed E-state index contributed by atoms with van der Waals surface area (Å²) in [5, 5.41) is 7.38. The van der Waals surface area contributed by atoms with Crippen molar-refractivity contribution in [2.24, 2.45) is 0 Å². The molecule has 0 saturated carbocycles. The molecular weight excluding hydrogens is 354 g/mol. The van der Waals surface area contributed by atoms with E-state index in [0.717, 1.165) is 35.2 Å². The van der Waals surface area contributed by atoms with E-state index in [2.05, 4.69) is 35.0 Å². The number of hydrogen-bond donors (Lipinski definition) is 1. The van der Waals surface area contributed by atoms with Crippen LogP contribution in [-0.2, 0) is 0 Å². The number of aromatic nitrogens is 2. The minimum absolute atomic E-state index is 0.442. The molecule has 3 rings (SSSR count). The number of rotatable bonds is 8. The topological polar surface area (TPSA) is 69.4 Å². The smallest absolute Gasteiger partial charge is 0.258 e. The quantitative estimate of drug-likeness (QED) is 0.730. The first-order valence-electron chi connectivity index (χ1n) is 9.54. The summed E-state index contributed by atoms with van der Waals surface area (Å²) in [6.07, 6.45) is 2.97. The molecule has 1 aliphatic carbocycles. The first-order chi connectivity index (χ1) is 13.6. The highest BCUT2D eigenvalue weighted by Crippen LogP contribution is 2.36. The van der Waals surface area contributed by atoms with Crippen molar-refractivity contribution in [2.75, 3.05) is 26.8 Å². The summed E-state index contributed by atoms with van der Waals surface area (Å²) in [6, 6.07) is 5.63. The lowest BCUT2D eigenvalue weighted by Gasteiger charge is -2.18. The van der Waals surface area contributed by atoms with Gasteiger partial charge in [0.1, 0.15) is 0 Å². The van der Waals surface area contributed by atoms with Gasteiger partial charge in [0.15, 0.2) is 11.5 Å². The predicted molar refractivity (Wildman–Crippen MR) is 110 cm³/mol. The van der Waals surface area contributed by atoms with Gasteiger partial charge in [0, 0.05) is 17.7 Å². The minimum atomic E-state index is 0.442. The number of benzene rings is 1. The van der Waals surface area contributed by atoms with Crippen molar-refractivity contribution in [3.8, 4) is 23.0 Å². The molecule has 0 aliphatic heterocycles. The highest BCUT2D eigenvalue weighted by Gasteiger charge is 2.21. The summed E-state index contributed by atoms with van der Waals surface area (Å²) in [6.45, 7) is 12.1. The minimum Gasteiger partial charge on any atom is -0.490 e. The standard InChI is InChI=1S/C22H27N3O3/c1-6-26-18-9-8-17(12-19(18)27-7-2)22-24-21(25-28-22)20-14(3)10-16(13-23-5)11-15(20)4/h8-9,11-12,23H,3,6-7,10,13H2,1-2,4-5H3. The molecule has 6 heteroatoms. The van der Waals surface area contributed by atoms with E-state index in [-0.39, 0.29) is 0 Å². The average molecular weight is 381 g/mol. The lowest BCUT2D eigenvalue weighted by Crippen LogP contribution is -2.13. The van der Waals surface area contributed by atoms with Crippen molar-refractivity contribution in [1.29, 1.82) is 0 Å². The molecule has 1 N–H and O–H groups in total. The van der Waals surface area contributed by atoms with E-state index in [1.54, 1.807) is 0 Å². The molecule has 2 aromatic rings. The van der Waals surface area contributed by atoms with Crippen molar-refractivity contribution in [3.63, 3.8) is 0 Å². The van der Waals surface area contributed by atoms with Crippen LogP contribution in [0.15, 0.2) is 52.1 Å². The molecule has 148 valence electrons. The lowest BCUT2D eigenvalue weighted by molar-refractivity contribution is 0.288. The molecule has 0 fully saturated rings. The van der Waals surface area contributed by atoms with Crippen LogP contribution in [0.4, 0.5) is 0 Å². The van der Waals surface area contributed by atoms with Crippen LogP contribution in [-0.4, -0.2) is 36.9 Å². The monoisotopic (exact) mass is 381 g/mol. The van der Waals surface area contributed by atoms with E-state index < -0.39 is 0 Å². The van der Waals surface area contributed by atoms with Crippen molar-refractivity contribution >= 4 is 5.57 Å². The van der Waals surface area contributed by atoms with E-state index >= 15 is 0 Å². The van der Waals surface area contributed by atoms with Crippen molar-refractivity contribution in [1.82, 2.24) is 15.5 Å². The fraction of sp³-hybridized carbons (Fsp3) is 0.364. The molecule has 6 nitrogen and oxygen atoms in total. The van der Waals surface area contributed by atoms with Crippen LogP contribution in [0.2, 0.25) is 0 Å². The molecule has 28 heavy (non-hydrogen) atoms. The van der Waals surface area contributed by atoms with Gasteiger partial charge in [-0.25, -0.2) is 0 Å². The van der Waals surface area contributed by atoms with E-state index in [9.17, 15) is 0 Å². The second-order valence-electron chi connectivity index (χ2n) is 6.62. The van der Waals surface area contributed by atoms with Crippen LogP contribution in [0.3, 0.4) is 0 Å². The molecule has 0 spiro atoms. The van der Waals surface area contributed by atoms with Gasteiger partial charge in [0.2, 0.25) is 5.82 Å². The third-order valence-corrected chi connectivity index (χ3v) is 4.45. The SMILES string of the molecule is C=C1CC(CNC)=CC(C)=C1c1noc(-c2ccc(OCC)c(OCC)c2)n1. The molecule has 0 unspecified atom stereocenters. The fourth-order valence-electron chi connectivity index (χ4n) is 3.37. The Balaban J connectivity index is 1.93. The zero-order valence-electron chi connectivity index (χ0n) is 17.0. The molecule has 1 aromatic heterocycles. The molecule has 0 amide bonds. The summed E-state index contributed by atoms with van der Waals surface area (Å²) in [5.41, 5.74) is 5.13. The average Bonchev–Trinajstić information content (AvgIpc) is 3.13. The maximum Gasteiger partial charge on any atom is 0.258 e. The molecule has 0 saturated heterocycles. The molecule has 0 radical (unpaired) electrons. The van der Waals surface area contributed by atoms with Crippen LogP contribution >= 0.6 is 0 Å². The lowest BCUT2D eigenvalue weighted by atomic mass is 9.89. The molecule has 1 heterocycles. The summed E-state index contributed by atoms with van der Waals surface area (Å²) < 4.78 is 16.9. The van der Waals surface area contributed by atoms with Gasteiger partial charge in [-0.2, -0.15) is 4.98 Å². The third kappa shape index (κ3) is 4.17. The van der Waals surface area contributed by atoms with E-state index in [1.165, 1.54) is 5.57 Å². The number of likely N-dealkylation sites (N-methyl/N-ethyl adjacent to an activating group) is 1. The Morgan fingerprint density at radius 1 is 1.18 bits per heavy atom. The Bertz CT molecular complexity index is 925. The van der Waals surface area contributed by atoms with Gasteiger partial charge in [0.05, 0.1) is 13.2 Å². The van der Waals surface area contributed by atoms with Gasteiger partial charge in [0.25, 0.3) is 5.89 Å². The van der Waals surface area contributed by atoms with Crippen molar-refractivity contribution < 1.29 is 14.0 Å². The third-order valence-electron chi connectivity index (χ3n) is 4.45. The molecule has 0 bridgehead atoms. The second-order valence-corrected chi connectivity index (χ2v) is 6.62. The fourth-order valence-corrected chi connectivity index (χ4v) is 3.37. The largest absolute Gasteiger partial charge is 0.490 e. The summed E-state index contributed by atoms with van der Waals surface area (Å²) in [4.78, 5) is 4.62. The maximum absolute atomic E-state index is 5.69. The van der Waals surface area contributed by atoms with Crippen LogP contribution in [0.25, 0.3) is 17.0 Å². The highest BCUT2D eigenvalue weighted by molar-refractivity contribution is 5.81. The highest BCUT2D eigenvalue weighted by atomic mass is 16.5. The Hall–Kier alpha value is -2.86. The van der Waals surface area contributed by atoms with Gasteiger partial charge in [-0.05, 0) is 63.6 Å². The first kappa shape index (κ1) is 19.9. The number of ether oxygens (including phenoxy) is 2. The zero-order chi connectivity index (χ0) is 20.1. The van der Waals surface area contributed by atoms with Crippen molar-refractivity contribution in [3.05, 3.63) is 53.4 Å². The maximum atomic E-state index is 5.69. The predicted octanol–water partition coefficient (Wildman–Crippen LogP) is 4.41. The Kier molecular flexibility index (Phi) is 6.31. The summed E-state index contributed by atoms with van der Waals surface area (Å²) in [7, 11) is 1.94. The summed E-state index contributed by atoms with van der Waals surface area (Å²) >= 11 is 0. The van der Waals surface area contributed by atoms with Crippen LogP contribution < -0.4 is 14.8 Å². The second kappa shape index (κ2) is 8.89. The number of allylic oxidation sites excluding steroid dienone is 4. The van der Waals surface area contributed by atoms with Crippen LogP contribution in [0.5, 0.6) is 11.5 Å². The normalized spacial score (nSPS) is 14.3.